The van der Waals surface area contributed by atoms with Gasteiger partial charge < -0.3 is 4.98 Å². The van der Waals surface area contributed by atoms with Gasteiger partial charge in [-0.2, -0.15) is 13.2 Å². The van der Waals surface area contributed by atoms with Crippen molar-refractivity contribution in [3.8, 4) is 5.69 Å². The van der Waals surface area contributed by atoms with Crippen LogP contribution < -0.4 is 5.56 Å². The molecule has 2 aromatic heterocycles. The minimum Gasteiger partial charge on any atom is -0.356 e. The third kappa shape index (κ3) is 2.25. The summed E-state index contributed by atoms with van der Waals surface area (Å²) in [7, 11) is 0. The van der Waals surface area contributed by atoms with E-state index in [-0.39, 0.29) is 16.8 Å². The summed E-state index contributed by atoms with van der Waals surface area (Å²) in [5.74, 6) is 0.0879. The average Bonchev–Trinajstić information content (AvgIpc) is 3.24. The molecule has 3 aromatic rings. The smallest absolute Gasteiger partial charge is 0.356 e. The van der Waals surface area contributed by atoms with Gasteiger partial charge in [0.1, 0.15) is 5.52 Å². The molecular formula is C17H13F3N2O. The first-order valence-corrected chi connectivity index (χ1v) is 7.36. The molecule has 1 aliphatic rings. The molecule has 0 radical (unpaired) electrons. The van der Waals surface area contributed by atoms with Crippen LogP contribution in [0.15, 0.2) is 47.5 Å². The van der Waals surface area contributed by atoms with Crippen molar-refractivity contribution in [2.45, 2.75) is 24.9 Å². The molecule has 3 nitrogen and oxygen atoms in total. The molecule has 6 heteroatoms. The highest BCUT2D eigenvalue weighted by atomic mass is 19.4. The van der Waals surface area contributed by atoms with E-state index in [0.717, 1.165) is 19.0 Å². The summed E-state index contributed by atoms with van der Waals surface area (Å²) in [6.07, 6.45) is -0.309. The molecule has 0 amide bonds. The Bertz CT molecular complexity index is 934. The quantitative estimate of drug-likeness (QED) is 0.755. The van der Waals surface area contributed by atoms with Crippen LogP contribution in [0.1, 0.15) is 29.9 Å². The molecular weight excluding hydrogens is 305 g/mol. The number of para-hydroxylation sites is 1. The van der Waals surface area contributed by atoms with Crippen molar-refractivity contribution in [3.05, 3.63) is 64.2 Å². The second kappa shape index (κ2) is 4.75. The van der Waals surface area contributed by atoms with Gasteiger partial charge in [-0.25, -0.2) is 0 Å². The molecule has 118 valence electrons. The number of fused-ring (bicyclic) bond motifs is 1. The molecule has 1 N–H and O–H groups in total. The van der Waals surface area contributed by atoms with Crippen LogP contribution >= 0.6 is 0 Å². The van der Waals surface area contributed by atoms with Gasteiger partial charge in [0.25, 0.3) is 5.56 Å². The molecule has 0 aliphatic heterocycles. The second-order valence-electron chi connectivity index (χ2n) is 5.82. The van der Waals surface area contributed by atoms with E-state index in [2.05, 4.69) is 4.98 Å². The Balaban J connectivity index is 2.06. The maximum atomic E-state index is 13.2. The monoisotopic (exact) mass is 318 g/mol. The molecule has 0 atom stereocenters. The number of nitrogens with one attached hydrogen (secondary N) is 1. The van der Waals surface area contributed by atoms with Gasteiger partial charge in [-0.3, -0.25) is 9.36 Å². The number of halogens is 3. The van der Waals surface area contributed by atoms with E-state index in [0.29, 0.717) is 11.3 Å². The van der Waals surface area contributed by atoms with Crippen molar-refractivity contribution < 1.29 is 13.2 Å². The first-order chi connectivity index (χ1) is 11.0. The van der Waals surface area contributed by atoms with Gasteiger partial charge in [-0.1, -0.05) is 18.2 Å². The zero-order chi connectivity index (χ0) is 16.2. The van der Waals surface area contributed by atoms with E-state index in [4.69, 9.17) is 0 Å². The molecule has 0 unspecified atom stereocenters. The minimum atomic E-state index is -4.48. The largest absolute Gasteiger partial charge is 0.418 e. The zero-order valence-corrected chi connectivity index (χ0v) is 12.0. The third-order valence-corrected chi connectivity index (χ3v) is 4.23. The molecule has 4 rings (SSSR count). The lowest BCUT2D eigenvalue weighted by atomic mass is 10.0. The van der Waals surface area contributed by atoms with Crippen LogP contribution in [0, 0.1) is 0 Å². The molecule has 1 aromatic carbocycles. The molecule has 1 aliphatic carbocycles. The van der Waals surface area contributed by atoms with Gasteiger partial charge in [0, 0.05) is 23.5 Å². The molecule has 0 saturated heterocycles. The van der Waals surface area contributed by atoms with Gasteiger partial charge in [0.15, 0.2) is 0 Å². The predicted molar refractivity (Wildman–Crippen MR) is 80.9 cm³/mol. The molecule has 1 saturated carbocycles. The average molecular weight is 318 g/mol. The molecule has 2 heterocycles. The van der Waals surface area contributed by atoms with Crippen molar-refractivity contribution in [2.24, 2.45) is 0 Å². The first kappa shape index (κ1) is 14.1. The van der Waals surface area contributed by atoms with Gasteiger partial charge in [0.2, 0.25) is 0 Å². The summed E-state index contributed by atoms with van der Waals surface area (Å²) in [6, 6.07) is 8.93. The minimum absolute atomic E-state index is 0.0191. The molecule has 1 fully saturated rings. The summed E-state index contributed by atoms with van der Waals surface area (Å²) in [4.78, 5) is 15.2. The number of benzene rings is 1. The summed E-state index contributed by atoms with van der Waals surface area (Å²) < 4.78 is 41.1. The summed E-state index contributed by atoms with van der Waals surface area (Å²) in [5.41, 5.74) is 0.0323. The van der Waals surface area contributed by atoms with E-state index in [1.165, 1.54) is 4.57 Å². The summed E-state index contributed by atoms with van der Waals surface area (Å²) in [5, 5.41) is 0.0252. The summed E-state index contributed by atoms with van der Waals surface area (Å²) in [6.45, 7) is 0. The van der Waals surface area contributed by atoms with E-state index in [9.17, 15) is 18.0 Å². The van der Waals surface area contributed by atoms with E-state index < -0.39 is 17.3 Å². The zero-order valence-electron chi connectivity index (χ0n) is 12.0. The number of aromatic nitrogens is 2. The molecule has 0 spiro atoms. The van der Waals surface area contributed by atoms with Crippen LogP contribution in [-0.2, 0) is 6.18 Å². The van der Waals surface area contributed by atoms with Crippen LogP contribution in [0.5, 0.6) is 0 Å². The molecule has 23 heavy (non-hydrogen) atoms. The van der Waals surface area contributed by atoms with Gasteiger partial charge in [-0.05, 0) is 36.5 Å². The summed E-state index contributed by atoms with van der Waals surface area (Å²) >= 11 is 0. The lowest BCUT2D eigenvalue weighted by Gasteiger charge is -2.12. The van der Waals surface area contributed by atoms with Gasteiger partial charge in [-0.15, -0.1) is 0 Å². The number of nitrogens with zero attached hydrogens (tertiary/aromatic N) is 1. The van der Waals surface area contributed by atoms with Crippen LogP contribution in [0.4, 0.5) is 13.2 Å². The fourth-order valence-electron chi connectivity index (χ4n) is 2.98. The number of hydrogen-bond donors (Lipinski definition) is 1. The van der Waals surface area contributed by atoms with Crippen LogP contribution in [0.3, 0.4) is 0 Å². The fourth-order valence-corrected chi connectivity index (χ4v) is 2.98. The van der Waals surface area contributed by atoms with Crippen LogP contribution in [0.25, 0.3) is 16.6 Å². The SMILES string of the molecule is O=c1c2[nH]cc(C(F)(F)F)c2c(C2CC2)cn1-c1ccccc1. The topological polar surface area (TPSA) is 37.8 Å². The number of H-pyrrole nitrogens is 1. The van der Waals surface area contributed by atoms with Crippen molar-refractivity contribution in [1.82, 2.24) is 9.55 Å². The Labute approximate surface area is 129 Å². The van der Waals surface area contributed by atoms with Crippen molar-refractivity contribution in [3.63, 3.8) is 0 Å². The predicted octanol–water partition coefficient (Wildman–Crippen LogP) is 4.22. The maximum absolute atomic E-state index is 13.2. The number of aromatic amines is 1. The van der Waals surface area contributed by atoms with Crippen molar-refractivity contribution in [1.29, 1.82) is 0 Å². The lowest BCUT2D eigenvalue weighted by Crippen LogP contribution is -2.19. The van der Waals surface area contributed by atoms with Crippen molar-refractivity contribution >= 4 is 10.9 Å². The highest BCUT2D eigenvalue weighted by molar-refractivity contribution is 5.87. The fraction of sp³-hybridized carbons (Fsp3) is 0.235. The highest BCUT2D eigenvalue weighted by Crippen LogP contribution is 2.45. The van der Waals surface area contributed by atoms with E-state index in [1.54, 1.807) is 30.5 Å². The second-order valence-corrected chi connectivity index (χ2v) is 5.82. The Hall–Kier alpha value is -2.50. The van der Waals surface area contributed by atoms with Gasteiger partial charge >= 0.3 is 6.18 Å². The Morgan fingerprint density at radius 3 is 2.43 bits per heavy atom. The number of hydrogen-bond acceptors (Lipinski definition) is 1. The standard InChI is InChI=1S/C17H13F3N2O/c18-17(19,20)13-8-21-15-14(13)12(10-6-7-10)9-22(16(15)23)11-4-2-1-3-5-11/h1-5,8-10,21H,6-7H2. The normalized spacial score (nSPS) is 15.3. The van der Waals surface area contributed by atoms with Gasteiger partial charge in [0.05, 0.1) is 5.56 Å². The maximum Gasteiger partial charge on any atom is 0.418 e. The Kier molecular flexibility index (Phi) is 2.91. The highest BCUT2D eigenvalue weighted by Gasteiger charge is 2.38. The number of alkyl halides is 3. The Morgan fingerprint density at radius 1 is 1.13 bits per heavy atom. The van der Waals surface area contributed by atoms with E-state index >= 15 is 0 Å². The van der Waals surface area contributed by atoms with Crippen LogP contribution in [-0.4, -0.2) is 9.55 Å². The first-order valence-electron chi connectivity index (χ1n) is 7.36. The van der Waals surface area contributed by atoms with Crippen molar-refractivity contribution in [2.75, 3.05) is 0 Å². The number of pyridine rings is 1. The van der Waals surface area contributed by atoms with Crippen LogP contribution in [0.2, 0.25) is 0 Å². The molecule has 0 bridgehead atoms. The van der Waals surface area contributed by atoms with E-state index in [1.807, 2.05) is 6.07 Å². The Morgan fingerprint density at radius 2 is 1.83 bits per heavy atom. The number of rotatable bonds is 2. The lowest BCUT2D eigenvalue weighted by molar-refractivity contribution is -0.136. The third-order valence-electron chi connectivity index (χ3n) is 4.23.